The normalized spacial score (nSPS) is 22.2. The molecule has 2 amide bonds. The fourth-order valence-corrected chi connectivity index (χ4v) is 4.87. The second-order valence-electron chi connectivity index (χ2n) is 8.72. The predicted octanol–water partition coefficient (Wildman–Crippen LogP) is 2.59. The van der Waals surface area contributed by atoms with Crippen LogP contribution >= 0.6 is 11.6 Å². The lowest BCUT2D eigenvalue weighted by atomic mass is 10.0. The van der Waals surface area contributed by atoms with Crippen LogP contribution in [-0.4, -0.2) is 85.0 Å². The van der Waals surface area contributed by atoms with Gasteiger partial charge in [-0.15, -0.1) is 0 Å². The van der Waals surface area contributed by atoms with E-state index in [9.17, 15) is 9.59 Å². The number of benzene rings is 1. The molecule has 0 radical (unpaired) electrons. The van der Waals surface area contributed by atoms with Crippen molar-refractivity contribution in [3.05, 3.63) is 22.7 Å². The first-order valence-electron chi connectivity index (χ1n) is 11.4. The number of fused-ring (bicyclic) bond motifs is 1. The van der Waals surface area contributed by atoms with Gasteiger partial charge in [0.25, 0.3) is 0 Å². The summed E-state index contributed by atoms with van der Waals surface area (Å²) in [5, 5.41) is 0.484. The minimum absolute atomic E-state index is 0.0705. The van der Waals surface area contributed by atoms with Gasteiger partial charge >= 0.3 is 0 Å². The van der Waals surface area contributed by atoms with Crippen molar-refractivity contribution in [3.63, 3.8) is 0 Å². The SMILES string of the molecule is CC1CCCCN1C(=O)CN1CCN(C(=O)Cc2cc(Cl)c3c(c2)OCCCO3)CC1. The van der Waals surface area contributed by atoms with E-state index in [1.165, 1.54) is 6.42 Å². The maximum Gasteiger partial charge on any atom is 0.236 e. The summed E-state index contributed by atoms with van der Waals surface area (Å²) in [5.41, 5.74) is 0.830. The number of carbonyl (C=O) groups excluding carboxylic acids is 2. The lowest BCUT2D eigenvalue weighted by Gasteiger charge is -2.38. The molecule has 2 fully saturated rings. The molecule has 3 heterocycles. The summed E-state index contributed by atoms with van der Waals surface area (Å²) in [7, 11) is 0. The largest absolute Gasteiger partial charge is 0.489 e. The highest BCUT2D eigenvalue weighted by Crippen LogP contribution is 2.38. The number of hydrogen-bond donors (Lipinski definition) is 0. The van der Waals surface area contributed by atoms with Gasteiger partial charge in [-0.2, -0.15) is 0 Å². The van der Waals surface area contributed by atoms with E-state index in [-0.39, 0.29) is 18.2 Å². The Morgan fingerprint density at radius 3 is 2.55 bits per heavy atom. The zero-order valence-electron chi connectivity index (χ0n) is 18.3. The average molecular weight is 450 g/mol. The molecule has 0 spiro atoms. The molecule has 170 valence electrons. The van der Waals surface area contributed by atoms with Crippen LogP contribution in [0.3, 0.4) is 0 Å². The number of likely N-dealkylation sites (tertiary alicyclic amines) is 1. The Hall–Kier alpha value is -1.99. The van der Waals surface area contributed by atoms with Gasteiger partial charge in [0.2, 0.25) is 11.8 Å². The molecule has 0 saturated carbocycles. The van der Waals surface area contributed by atoms with E-state index in [1.807, 2.05) is 15.9 Å². The first kappa shape index (κ1) is 22.2. The molecule has 0 N–H and O–H groups in total. The molecule has 7 nitrogen and oxygen atoms in total. The summed E-state index contributed by atoms with van der Waals surface area (Å²) < 4.78 is 11.4. The summed E-state index contributed by atoms with van der Waals surface area (Å²) in [6.07, 6.45) is 4.49. The number of carbonyl (C=O) groups is 2. The first-order valence-corrected chi connectivity index (χ1v) is 11.8. The number of piperazine rings is 1. The number of ether oxygens (including phenoxy) is 2. The minimum atomic E-state index is 0.0705. The molecule has 2 saturated heterocycles. The number of hydrogen-bond acceptors (Lipinski definition) is 5. The van der Waals surface area contributed by atoms with Crippen molar-refractivity contribution in [2.24, 2.45) is 0 Å². The van der Waals surface area contributed by atoms with Gasteiger partial charge in [-0.1, -0.05) is 11.6 Å². The highest BCUT2D eigenvalue weighted by molar-refractivity contribution is 6.32. The van der Waals surface area contributed by atoms with Gasteiger partial charge < -0.3 is 19.3 Å². The smallest absolute Gasteiger partial charge is 0.236 e. The Kier molecular flexibility index (Phi) is 7.23. The second-order valence-corrected chi connectivity index (χ2v) is 9.13. The number of piperidine rings is 1. The van der Waals surface area contributed by atoms with E-state index < -0.39 is 0 Å². The van der Waals surface area contributed by atoms with Crippen LogP contribution in [0.15, 0.2) is 12.1 Å². The molecular formula is C23H32ClN3O4. The molecule has 0 aliphatic carbocycles. The van der Waals surface area contributed by atoms with Crippen LogP contribution in [0.1, 0.15) is 38.2 Å². The number of nitrogens with zero attached hydrogens (tertiary/aromatic N) is 3. The minimum Gasteiger partial charge on any atom is -0.489 e. The molecular weight excluding hydrogens is 418 g/mol. The third-order valence-corrected chi connectivity index (χ3v) is 6.71. The third kappa shape index (κ3) is 5.44. The fourth-order valence-electron chi connectivity index (χ4n) is 4.58. The van der Waals surface area contributed by atoms with Crippen molar-refractivity contribution in [1.82, 2.24) is 14.7 Å². The van der Waals surface area contributed by atoms with E-state index in [2.05, 4.69) is 11.8 Å². The van der Waals surface area contributed by atoms with E-state index in [4.69, 9.17) is 21.1 Å². The van der Waals surface area contributed by atoms with Crippen molar-refractivity contribution >= 4 is 23.4 Å². The van der Waals surface area contributed by atoms with Crippen molar-refractivity contribution in [2.45, 2.75) is 45.1 Å². The van der Waals surface area contributed by atoms with E-state index >= 15 is 0 Å². The summed E-state index contributed by atoms with van der Waals surface area (Å²) >= 11 is 6.36. The van der Waals surface area contributed by atoms with E-state index in [0.717, 1.165) is 44.5 Å². The maximum atomic E-state index is 12.9. The van der Waals surface area contributed by atoms with Crippen LogP contribution in [0.2, 0.25) is 5.02 Å². The zero-order chi connectivity index (χ0) is 21.8. The van der Waals surface area contributed by atoms with Crippen LogP contribution in [-0.2, 0) is 16.0 Å². The van der Waals surface area contributed by atoms with Crippen LogP contribution in [0.5, 0.6) is 11.5 Å². The lowest BCUT2D eigenvalue weighted by Crippen LogP contribution is -2.53. The molecule has 0 aromatic heterocycles. The van der Waals surface area contributed by atoms with Gasteiger partial charge in [-0.05, 0) is 43.9 Å². The zero-order valence-corrected chi connectivity index (χ0v) is 19.0. The standard InChI is InChI=1S/C23H32ClN3O4/c1-17-5-2-3-6-27(17)22(29)16-25-7-9-26(10-8-25)21(28)15-18-13-19(24)23-20(14-18)30-11-4-12-31-23/h13-14,17H,2-12,15-16H2,1H3. The first-order chi connectivity index (χ1) is 15.0. The maximum absolute atomic E-state index is 12.9. The van der Waals surface area contributed by atoms with Gasteiger partial charge in [0.1, 0.15) is 0 Å². The predicted molar refractivity (Wildman–Crippen MR) is 119 cm³/mol. The molecule has 0 bridgehead atoms. The molecule has 3 aliphatic rings. The van der Waals surface area contributed by atoms with E-state index in [1.54, 1.807) is 6.07 Å². The van der Waals surface area contributed by atoms with Gasteiger partial charge in [0, 0.05) is 45.2 Å². The molecule has 1 unspecified atom stereocenters. The number of rotatable bonds is 4. The van der Waals surface area contributed by atoms with Crippen molar-refractivity contribution in [3.8, 4) is 11.5 Å². The van der Waals surface area contributed by atoms with Gasteiger partial charge in [-0.25, -0.2) is 0 Å². The molecule has 1 atom stereocenters. The number of amides is 2. The van der Waals surface area contributed by atoms with Crippen molar-refractivity contribution < 1.29 is 19.1 Å². The van der Waals surface area contributed by atoms with Gasteiger partial charge in [-0.3, -0.25) is 14.5 Å². The van der Waals surface area contributed by atoms with Gasteiger partial charge in [0.05, 0.1) is 31.2 Å². The fraction of sp³-hybridized carbons (Fsp3) is 0.652. The Bertz CT molecular complexity index is 810. The summed E-state index contributed by atoms with van der Waals surface area (Å²) in [5.74, 6) is 1.47. The molecule has 3 aliphatic heterocycles. The molecule has 4 rings (SSSR count). The summed E-state index contributed by atoms with van der Waals surface area (Å²) in [6.45, 7) is 7.34. The van der Waals surface area contributed by atoms with Crippen molar-refractivity contribution in [2.75, 3.05) is 52.5 Å². The Labute approximate surface area is 189 Å². The Balaban J connectivity index is 1.28. The average Bonchev–Trinajstić information content (AvgIpc) is 3.00. The van der Waals surface area contributed by atoms with E-state index in [0.29, 0.717) is 55.4 Å². The molecule has 31 heavy (non-hydrogen) atoms. The molecule has 1 aromatic rings. The lowest BCUT2D eigenvalue weighted by molar-refractivity contribution is -0.137. The third-order valence-electron chi connectivity index (χ3n) is 6.42. The number of halogens is 1. The Morgan fingerprint density at radius 2 is 1.77 bits per heavy atom. The van der Waals surface area contributed by atoms with Crippen LogP contribution in [0.4, 0.5) is 0 Å². The highest BCUT2D eigenvalue weighted by atomic mass is 35.5. The monoisotopic (exact) mass is 449 g/mol. The van der Waals surface area contributed by atoms with Crippen LogP contribution < -0.4 is 9.47 Å². The summed E-state index contributed by atoms with van der Waals surface area (Å²) in [4.78, 5) is 31.6. The second kappa shape index (κ2) is 10.1. The highest BCUT2D eigenvalue weighted by Gasteiger charge is 2.27. The molecule has 8 heteroatoms. The molecule has 1 aromatic carbocycles. The van der Waals surface area contributed by atoms with Gasteiger partial charge in [0.15, 0.2) is 11.5 Å². The van der Waals surface area contributed by atoms with Crippen LogP contribution in [0, 0.1) is 0 Å². The summed E-state index contributed by atoms with van der Waals surface area (Å²) in [6, 6.07) is 3.99. The Morgan fingerprint density at radius 1 is 1.00 bits per heavy atom. The topological polar surface area (TPSA) is 62.3 Å². The van der Waals surface area contributed by atoms with Crippen LogP contribution in [0.25, 0.3) is 0 Å². The quantitative estimate of drug-likeness (QED) is 0.707. The van der Waals surface area contributed by atoms with Crippen molar-refractivity contribution in [1.29, 1.82) is 0 Å².